The van der Waals surface area contributed by atoms with Gasteiger partial charge >= 0.3 is 0 Å². The molecule has 2 nitrogen and oxygen atoms in total. The highest BCUT2D eigenvalue weighted by Crippen LogP contribution is 2.33. The van der Waals surface area contributed by atoms with E-state index in [9.17, 15) is 10.1 Å². The molecule has 0 saturated heterocycles. The Morgan fingerprint density at radius 1 is 1.37 bits per heavy atom. The maximum Gasteiger partial charge on any atom is 0.195 e. The third kappa shape index (κ3) is 3.01. The van der Waals surface area contributed by atoms with Crippen LogP contribution in [-0.4, -0.2) is 5.78 Å². The number of halogens is 3. The summed E-state index contributed by atoms with van der Waals surface area (Å²) in [6.07, 6.45) is 0. The Morgan fingerprint density at radius 3 is 2.63 bits per heavy atom. The van der Waals surface area contributed by atoms with Crippen LogP contribution in [-0.2, 0) is 0 Å². The summed E-state index contributed by atoms with van der Waals surface area (Å²) in [4.78, 5) is 12.9. The molecule has 1 heterocycles. The molecule has 0 N–H and O–H groups in total. The number of carbonyl (C=O) groups is 1. The van der Waals surface area contributed by atoms with Gasteiger partial charge in [0.15, 0.2) is 5.78 Å². The van der Waals surface area contributed by atoms with Crippen LogP contribution in [0.3, 0.4) is 0 Å². The van der Waals surface area contributed by atoms with Gasteiger partial charge in [0, 0.05) is 14.5 Å². The van der Waals surface area contributed by atoms with E-state index in [1.165, 1.54) is 17.4 Å². The fraction of sp³-hybridized carbons (Fsp3) is 0.0769. The van der Waals surface area contributed by atoms with Crippen molar-refractivity contribution in [2.45, 2.75) is 5.92 Å². The van der Waals surface area contributed by atoms with E-state index in [0.29, 0.717) is 25.0 Å². The Morgan fingerprint density at radius 2 is 2.11 bits per heavy atom. The summed E-state index contributed by atoms with van der Waals surface area (Å²) in [7, 11) is 0. The smallest absolute Gasteiger partial charge is 0.195 e. The van der Waals surface area contributed by atoms with Gasteiger partial charge in [0.1, 0.15) is 5.92 Å². The molecule has 0 aliphatic heterocycles. The van der Waals surface area contributed by atoms with Crippen molar-refractivity contribution in [3.8, 4) is 6.07 Å². The van der Waals surface area contributed by atoms with E-state index in [1.807, 2.05) is 6.07 Å². The van der Waals surface area contributed by atoms with Crippen LogP contribution in [0, 0.1) is 11.3 Å². The first kappa shape index (κ1) is 14.5. The number of carbonyl (C=O) groups excluding carboxylic acids is 1. The van der Waals surface area contributed by atoms with Crippen molar-refractivity contribution in [2.75, 3.05) is 0 Å². The van der Waals surface area contributed by atoms with Crippen molar-refractivity contribution >= 4 is 56.3 Å². The average molecular weight is 375 g/mol. The van der Waals surface area contributed by atoms with E-state index in [1.54, 1.807) is 23.6 Å². The van der Waals surface area contributed by atoms with Crippen molar-refractivity contribution in [3.63, 3.8) is 0 Å². The molecule has 6 heteroatoms. The number of thiophene rings is 1. The zero-order valence-corrected chi connectivity index (χ0v) is 13.3. The van der Waals surface area contributed by atoms with E-state index < -0.39 is 5.92 Å². The molecule has 0 aliphatic rings. The molecule has 1 unspecified atom stereocenters. The minimum Gasteiger partial charge on any atom is -0.291 e. The lowest BCUT2D eigenvalue weighted by atomic mass is 9.95. The topological polar surface area (TPSA) is 40.9 Å². The van der Waals surface area contributed by atoms with E-state index in [2.05, 4.69) is 15.9 Å². The molecular weight excluding hydrogens is 369 g/mol. The van der Waals surface area contributed by atoms with Crippen LogP contribution in [0.5, 0.6) is 0 Å². The van der Waals surface area contributed by atoms with Crippen LogP contribution in [0.2, 0.25) is 10.0 Å². The lowest BCUT2D eigenvalue weighted by molar-refractivity contribution is 0.0982. The van der Waals surface area contributed by atoms with Crippen LogP contribution < -0.4 is 0 Å². The number of Topliss-reactive ketones (excluding diaryl/α,β-unsaturated/α-hetero) is 1. The van der Waals surface area contributed by atoms with Gasteiger partial charge in [-0.3, -0.25) is 4.79 Å². The summed E-state index contributed by atoms with van der Waals surface area (Å²) in [5.74, 6) is -1.20. The fourth-order valence-electron chi connectivity index (χ4n) is 1.61. The third-order valence-electron chi connectivity index (χ3n) is 2.51. The van der Waals surface area contributed by atoms with Crippen LogP contribution in [0.4, 0.5) is 0 Å². The number of benzene rings is 1. The molecule has 0 amide bonds. The number of rotatable bonds is 3. The van der Waals surface area contributed by atoms with Gasteiger partial charge in [0.2, 0.25) is 0 Å². The number of nitriles is 1. The zero-order chi connectivity index (χ0) is 14.0. The first-order chi connectivity index (χ1) is 9.04. The highest BCUT2D eigenvalue weighted by Gasteiger charge is 2.26. The molecule has 0 bridgehead atoms. The third-order valence-corrected chi connectivity index (χ3v) is 4.92. The van der Waals surface area contributed by atoms with Crippen LogP contribution in [0.1, 0.15) is 21.2 Å². The van der Waals surface area contributed by atoms with Gasteiger partial charge in [-0.15, -0.1) is 11.3 Å². The predicted octanol–water partition coefficient (Wildman–Crippen LogP) is 5.31. The average Bonchev–Trinajstić information content (AvgIpc) is 2.78. The van der Waals surface area contributed by atoms with E-state index in [-0.39, 0.29) is 5.78 Å². The second-order valence-corrected chi connectivity index (χ2v) is 6.30. The molecule has 0 aliphatic carbocycles. The molecule has 96 valence electrons. The van der Waals surface area contributed by atoms with Crippen molar-refractivity contribution in [1.29, 1.82) is 5.26 Å². The summed E-state index contributed by atoms with van der Waals surface area (Å²) in [6.45, 7) is 0. The molecule has 19 heavy (non-hydrogen) atoms. The first-order valence-corrected chi connectivity index (χ1v) is 7.59. The summed E-state index contributed by atoms with van der Waals surface area (Å²) < 4.78 is 0.688. The summed E-state index contributed by atoms with van der Waals surface area (Å²) >= 11 is 16.4. The van der Waals surface area contributed by atoms with Crippen molar-refractivity contribution < 1.29 is 4.79 Å². The second-order valence-electron chi connectivity index (χ2n) is 3.69. The van der Waals surface area contributed by atoms with Gasteiger partial charge in [0.05, 0.1) is 10.9 Å². The van der Waals surface area contributed by atoms with Crippen molar-refractivity contribution in [3.05, 3.63) is 54.6 Å². The maximum atomic E-state index is 12.4. The Balaban J connectivity index is 2.44. The largest absolute Gasteiger partial charge is 0.291 e. The number of ketones is 1. The number of hydrogen-bond donors (Lipinski definition) is 0. The minimum absolute atomic E-state index is 0.270. The molecule has 0 radical (unpaired) electrons. The summed E-state index contributed by atoms with van der Waals surface area (Å²) in [5, 5.41) is 11.8. The molecule has 0 spiro atoms. The molecule has 0 fully saturated rings. The zero-order valence-electron chi connectivity index (χ0n) is 9.36. The van der Waals surface area contributed by atoms with Gasteiger partial charge in [0.25, 0.3) is 0 Å². The van der Waals surface area contributed by atoms with E-state index >= 15 is 0 Å². The van der Waals surface area contributed by atoms with Gasteiger partial charge in [-0.2, -0.15) is 5.26 Å². The quantitative estimate of drug-likeness (QED) is 0.683. The Kier molecular flexibility index (Phi) is 4.64. The first-order valence-electron chi connectivity index (χ1n) is 5.16. The maximum absolute atomic E-state index is 12.4. The lowest BCUT2D eigenvalue weighted by Crippen LogP contribution is -2.10. The van der Waals surface area contributed by atoms with Gasteiger partial charge in [-0.1, -0.05) is 29.3 Å². The summed E-state index contributed by atoms with van der Waals surface area (Å²) in [5.41, 5.74) is 0.471. The summed E-state index contributed by atoms with van der Waals surface area (Å²) in [6, 6.07) is 8.53. The normalized spacial score (nSPS) is 11.9. The van der Waals surface area contributed by atoms with E-state index in [0.717, 1.165) is 0 Å². The lowest BCUT2D eigenvalue weighted by Gasteiger charge is -2.10. The number of nitrogens with zero attached hydrogens (tertiary/aromatic N) is 1. The highest BCUT2D eigenvalue weighted by atomic mass is 79.9. The second kappa shape index (κ2) is 6.06. The Labute approximate surface area is 132 Å². The van der Waals surface area contributed by atoms with Gasteiger partial charge in [-0.05, 0) is 45.1 Å². The van der Waals surface area contributed by atoms with Crippen molar-refractivity contribution in [1.82, 2.24) is 0 Å². The molecule has 0 saturated carbocycles. The molecule has 1 atom stereocenters. The van der Waals surface area contributed by atoms with Crippen LogP contribution in [0.25, 0.3) is 0 Å². The highest BCUT2D eigenvalue weighted by molar-refractivity contribution is 9.10. The van der Waals surface area contributed by atoms with Crippen LogP contribution in [0.15, 0.2) is 34.1 Å². The predicted molar refractivity (Wildman–Crippen MR) is 81.2 cm³/mol. The van der Waals surface area contributed by atoms with Crippen LogP contribution >= 0.6 is 50.5 Å². The Hall–Kier alpha value is -0.860. The molecule has 1 aromatic carbocycles. The minimum atomic E-state index is -0.931. The number of hydrogen-bond acceptors (Lipinski definition) is 3. The molecule has 1 aromatic heterocycles. The van der Waals surface area contributed by atoms with Gasteiger partial charge < -0.3 is 0 Å². The molecule has 2 aromatic rings. The molecular formula is C13H6BrCl2NOS. The monoisotopic (exact) mass is 373 g/mol. The SMILES string of the molecule is N#CC(C(=O)c1sccc1Br)c1ccc(Cl)cc1Cl. The van der Waals surface area contributed by atoms with Gasteiger partial charge in [-0.25, -0.2) is 0 Å². The van der Waals surface area contributed by atoms with E-state index in [4.69, 9.17) is 23.2 Å². The Bertz CT molecular complexity index is 678. The van der Waals surface area contributed by atoms with Crippen molar-refractivity contribution in [2.24, 2.45) is 0 Å². The standard InChI is InChI=1S/C13H6BrCl2NOS/c14-10-3-4-19-13(10)12(18)9(6-17)8-2-1-7(15)5-11(8)16/h1-5,9H. The molecule has 2 rings (SSSR count). The fourth-order valence-corrected chi connectivity index (χ4v) is 3.66.